The van der Waals surface area contributed by atoms with Gasteiger partial charge in [0, 0.05) is 38.8 Å². The van der Waals surface area contributed by atoms with Gasteiger partial charge in [-0.25, -0.2) is 4.98 Å². The van der Waals surface area contributed by atoms with Crippen molar-refractivity contribution >= 4 is 11.9 Å². The van der Waals surface area contributed by atoms with Gasteiger partial charge in [-0.05, 0) is 12.8 Å². The maximum atomic E-state index is 11.3. The van der Waals surface area contributed by atoms with E-state index in [2.05, 4.69) is 9.88 Å². The molecule has 3 N–H and O–H groups in total. The Balaban J connectivity index is 1.77. The van der Waals surface area contributed by atoms with E-state index in [4.69, 9.17) is 5.73 Å². The second-order valence-corrected chi connectivity index (χ2v) is 5.80. The van der Waals surface area contributed by atoms with Gasteiger partial charge in [-0.2, -0.15) is 0 Å². The zero-order valence-electron chi connectivity index (χ0n) is 11.4. The number of carboxylic acid groups (broad SMARTS) is 1. The summed E-state index contributed by atoms with van der Waals surface area (Å²) in [5, 5.41) is 9.24. The molecule has 0 bridgehead atoms. The predicted octanol–water partition coefficient (Wildman–Crippen LogP) is -0.258. The number of nitrogens with two attached hydrogens (primary N) is 1. The minimum atomic E-state index is -0.706. The summed E-state index contributed by atoms with van der Waals surface area (Å²) in [5.41, 5.74) is 6.61. The molecular formula is C13H18N4O3. The predicted molar refractivity (Wildman–Crippen MR) is 70.0 cm³/mol. The number of aromatic nitrogens is 2. The molecule has 20 heavy (non-hydrogen) atoms. The van der Waals surface area contributed by atoms with E-state index in [0.29, 0.717) is 13.1 Å². The fourth-order valence-corrected chi connectivity index (χ4v) is 2.96. The number of carbonyl (C=O) groups is 2. The molecule has 0 atom stereocenters. The maximum absolute atomic E-state index is 11.3. The van der Waals surface area contributed by atoms with Gasteiger partial charge in [0.15, 0.2) is 5.82 Å². The second-order valence-electron chi connectivity index (χ2n) is 5.80. The summed E-state index contributed by atoms with van der Waals surface area (Å²) >= 11 is 0. The highest BCUT2D eigenvalue weighted by atomic mass is 16.4. The van der Waals surface area contributed by atoms with Crippen LogP contribution in [0.5, 0.6) is 0 Å². The van der Waals surface area contributed by atoms with E-state index in [0.717, 1.165) is 37.2 Å². The van der Waals surface area contributed by atoms with Crippen molar-refractivity contribution in [3.8, 4) is 0 Å². The van der Waals surface area contributed by atoms with Crippen molar-refractivity contribution in [2.24, 2.45) is 18.2 Å². The minimum Gasteiger partial charge on any atom is -0.481 e. The summed E-state index contributed by atoms with van der Waals surface area (Å²) in [4.78, 5) is 28.9. The Morgan fingerprint density at radius 3 is 2.70 bits per heavy atom. The van der Waals surface area contributed by atoms with Crippen molar-refractivity contribution in [2.75, 3.05) is 13.1 Å². The van der Waals surface area contributed by atoms with Gasteiger partial charge in [0.1, 0.15) is 0 Å². The lowest BCUT2D eigenvalue weighted by molar-refractivity contribution is -0.144. The highest BCUT2D eigenvalue weighted by Crippen LogP contribution is 2.46. The van der Waals surface area contributed by atoms with E-state index in [-0.39, 0.29) is 5.82 Å². The van der Waals surface area contributed by atoms with Gasteiger partial charge in [-0.15, -0.1) is 0 Å². The quantitative estimate of drug-likeness (QED) is 0.790. The highest BCUT2D eigenvalue weighted by Gasteiger charge is 2.51. The van der Waals surface area contributed by atoms with Crippen molar-refractivity contribution in [2.45, 2.75) is 25.8 Å². The number of primary amides is 1. The molecule has 1 aliphatic heterocycles. The molecule has 1 aromatic rings. The van der Waals surface area contributed by atoms with Crippen LogP contribution in [0.25, 0.3) is 0 Å². The Morgan fingerprint density at radius 2 is 2.15 bits per heavy atom. The van der Waals surface area contributed by atoms with E-state index in [1.165, 1.54) is 0 Å². The van der Waals surface area contributed by atoms with Crippen LogP contribution in [0.2, 0.25) is 0 Å². The summed E-state index contributed by atoms with van der Waals surface area (Å²) in [7, 11) is 1.79. The van der Waals surface area contributed by atoms with Crippen LogP contribution in [0.3, 0.4) is 0 Å². The first-order valence-corrected chi connectivity index (χ1v) is 6.73. The average Bonchev–Trinajstić information content (AvgIpc) is 3.09. The van der Waals surface area contributed by atoms with Crippen molar-refractivity contribution in [3.63, 3.8) is 0 Å². The fourth-order valence-electron chi connectivity index (χ4n) is 2.96. The number of hydrogen-bond donors (Lipinski definition) is 2. The van der Waals surface area contributed by atoms with E-state index < -0.39 is 17.3 Å². The van der Waals surface area contributed by atoms with Crippen LogP contribution in [0.15, 0.2) is 0 Å². The van der Waals surface area contributed by atoms with Gasteiger partial charge in [0.2, 0.25) is 0 Å². The lowest BCUT2D eigenvalue weighted by atomic mass is 10.0. The van der Waals surface area contributed by atoms with Crippen LogP contribution >= 0.6 is 0 Å². The Labute approximate surface area is 116 Å². The van der Waals surface area contributed by atoms with Crippen LogP contribution < -0.4 is 5.73 Å². The minimum absolute atomic E-state index is 0.274. The van der Waals surface area contributed by atoms with Gasteiger partial charge >= 0.3 is 5.97 Å². The van der Waals surface area contributed by atoms with Crippen molar-refractivity contribution in [3.05, 3.63) is 17.2 Å². The van der Waals surface area contributed by atoms with Crippen LogP contribution in [0, 0.1) is 5.41 Å². The molecule has 0 aromatic carbocycles. The standard InChI is InChI=1S/C13H18N4O3/c1-16-9-2-5-17(7-13(3-4-13)12(19)20)6-8(9)15-11(16)10(14)18/h2-7H2,1H3,(H2,14,18)(H,19,20). The summed E-state index contributed by atoms with van der Waals surface area (Å²) in [6.45, 7) is 1.94. The van der Waals surface area contributed by atoms with Gasteiger partial charge in [0.05, 0.1) is 11.1 Å². The molecule has 3 rings (SSSR count). The number of imidazole rings is 1. The molecular weight excluding hydrogens is 260 g/mol. The second kappa shape index (κ2) is 4.31. The van der Waals surface area contributed by atoms with E-state index >= 15 is 0 Å². The summed E-state index contributed by atoms with van der Waals surface area (Å²) in [5.74, 6) is -0.962. The number of hydrogen-bond acceptors (Lipinski definition) is 4. The molecule has 1 aliphatic carbocycles. The van der Waals surface area contributed by atoms with Gasteiger partial charge in [-0.1, -0.05) is 0 Å². The maximum Gasteiger partial charge on any atom is 0.310 e. The monoisotopic (exact) mass is 278 g/mol. The highest BCUT2D eigenvalue weighted by molar-refractivity contribution is 5.89. The summed E-state index contributed by atoms with van der Waals surface area (Å²) in [6.07, 6.45) is 2.27. The number of carbonyl (C=O) groups excluding carboxylic acids is 1. The smallest absolute Gasteiger partial charge is 0.310 e. The first kappa shape index (κ1) is 13.1. The molecule has 1 amide bonds. The number of carboxylic acids is 1. The lowest BCUT2D eigenvalue weighted by Gasteiger charge is -2.28. The van der Waals surface area contributed by atoms with Gasteiger partial charge in [-0.3, -0.25) is 14.5 Å². The third kappa shape index (κ3) is 1.98. The lowest BCUT2D eigenvalue weighted by Crippen LogP contribution is -2.38. The Kier molecular flexibility index (Phi) is 2.82. The SMILES string of the molecule is Cn1c(C(N)=O)nc2c1CCN(CC1(C(=O)O)CC1)C2. The van der Waals surface area contributed by atoms with Crippen LogP contribution in [-0.2, 0) is 24.8 Å². The first-order chi connectivity index (χ1) is 9.43. The van der Waals surface area contributed by atoms with Crippen molar-refractivity contribution in [1.29, 1.82) is 0 Å². The number of amides is 1. The third-order valence-corrected chi connectivity index (χ3v) is 4.39. The summed E-state index contributed by atoms with van der Waals surface area (Å²) < 4.78 is 1.75. The fraction of sp³-hybridized carbons (Fsp3) is 0.615. The Morgan fingerprint density at radius 1 is 1.45 bits per heavy atom. The van der Waals surface area contributed by atoms with Gasteiger partial charge < -0.3 is 15.4 Å². The number of fused-ring (bicyclic) bond motifs is 1. The zero-order chi connectivity index (χ0) is 14.5. The molecule has 0 unspecified atom stereocenters. The van der Waals surface area contributed by atoms with Crippen LogP contribution in [-0.4, -0.2) is 44.5 Å². The average molecular weight is 278 g/mol. The van der Waals surface area contributed by atoms with Crippen molar-refractivity contribution in [1.82, 2.24) is 14.5 Å². The normalized spacial score (nSPS) is 20.4. The Bertz CT molecular complexity index is 589. The largest absolute Gasteiger partial charge is 0.481 e. The molecule has 108 valence electrons. The number of aliphatic carboxylic acids is 1. The number of nitrogens with zero attached hydrogens (tertiary/aromatic N) is 3. The van der Waals surface area contributed by atoms with Crippen LogP contribution in [0.4, 0.5) is 0 Å². The molecule has 1 saturated carbocycles. The Hall–Kier alpha value is -1.89. The molecule has 1 aromatic heterocycles. The topological polar surface area (TPSA) is 101 Å². The molecule has 2 aliphatic rings. The molecule has 0 saturated heterocycles. The molecule has 0 spiro atoms. The molecule has 7 heteroatoms. The molecule has 1 fully saturated rings. The van der Waals surface area contributed by atoms with Gasteiger partial charge in [0.25, 0.3) is 5.91 Å². The summed E-state index contributed by atoms with van der Waals surface area (Å²) in [6, 6.07) is 0. The number of rotatable bonds is 4. The molecule has 2 heterocycles. The third-order valence-electron chi connectivity index (χ3n) is 4.39. The van der Waals surface area contributed by atoms with Crippen LogP contribution in [0.1, 0.15) is 34.8 Å². The van der Waals surface area contributed by atoms with E-state index in [9.17, 15) is 14.7 Å². The van der Waals surface area contributed by atoms with E-state index in [1.807, 2.05) is 0 Å². The van der Waals surface area contributed by atoms with E-state index in [1.54, 1.807) is 11.6 Å². The first-order valence-electron chi connectivity index (χ1n) is 6.73. The molecule has 0 radical (unpaired) electrons. The van der Waals surface area contributed by atoms with Crippen molar-refractivity contribution < 1.29 is 14.7 Å². The molecule has 7 nitrogen and oxygen atoms in total. The zero-order valence-corrected chi connectivity index (χ0v) is 11.4.